The van der Waals surface area contributed by atoms with Crippen molar-refractivity contribution in [2.45, 2.75) is 57.1 Å². The first kappa shape index (κ1) is 14.2. The number of ether oxygens (including phenoxy) is 1. The van der Waals surface area contributed by atoms with Crippen LogP contribution in [0, 0.1) is 0 Å². The van der Waals surface area contributed by atoms with E-state index in [4.69, 9.17) is 4.74 Å². The number of rotatable bonds is 4. The van der Waals surface area contributed by atoms with E-state index in [0.717, 1.165) is 50.5 Å². The van der Waals surface area contributed by atoms with Gasteiger partial charge >= 0.3 is 0 Å². The fourth-order valence-electron chi connectivity index (χ4n) is 3.19. The lowest BCUT2D eigenvalue weighted by molar-refractivity contribution is -0.124. The molecule has 22 heavy (non-hydrogen) atoms. The molecule has 2 heterocycles. The molecule has 1 saturated heterocycles. The number of thiophene rings is 1. The molecule has 118 valence electrons. The number of fused-ring (bicyclic) bond motifs is 1. The molecule has 5 nitrogen and oxygen atoms in total. The van der Waals surface area contributed by atoms with E-state index in [1.165, 1.54) is 4.88 Å². The summed E-state index contributed by atoms with van der Waals surface area (Å²) in [7, 11) is 0. The van der Waals surface area contributed by atoms with Gasteiger partial charge in [-0.05, 0) is 50.5 Å². The van der Waals surface area contributed by atoms with E-state index in [0.29, 0.717) is 23.2 Å². The molecule has 2 aliphatic carbocycles. The Labute approximate surface area is 133 Å². The van der Waals surface area contributed by atoms with Crippen molar-refractivity contribution in [3.63, 3.8) is 0 Å². The quantitative estimate of drug-likeness (QED) is 0.894. The molecule has 1 aromatic heterocycles. The zero-order valence-corrected chi connectivity index (χ0v) is 13.3. The molecule has 1 saturated carbocycles. The largest absolute Gasteiger partial charge is 0.368 e. The second-order valence-corrected chi connectivity index (χ2v) is 7.41. The van der Waals surface area contributed by atoms with Gasteiger partial charge in [0.05, 0.1) is 5.56 Å². The van der Waals surface area contributed by atoms with Crippen molar-refractivity contribution in [2.24, 2.45) is 0 Å². The molecule has 3 aliphatic rings. The Morgan fingerprint density at radius 2 is 2.00 bits per heavy atom. The van der Waals surface area contributed by atoms with E-state index >= 15 is 0 Å². The normalized spacial score (nSPS) is 23.4. The van der Waals surface area contributed by atoms with Crippen molar-refractivity contribution in [1.29, 1.82) is 0 Å². The summed E-state index contributed by atoms with van der Waals surface area (Å²) in [4.78, 5) is 26.1. The fourth-order valence-corrected chi connectivity index (χ4v) is 4.48. The molecule has 2 N–H and O–H groups in total. The Bertz CT molecular complexity index is 615. The van der Waals surface area contributed by atoms with Crippen LogP contribution in [0.1, 0.15) is 52.9 Å². The number of carbonyl (C=O) groups excluding carboxylic acids is 2. The number of hydrogen-bond acceptors (Lipinski definition) is 4. The van der Waals surface area contributed by atoms with Gasteiger partial charge in [0.25, 0.3) is 11.8 Å². The monoisotopic (exact) mass is 320 g/mol. The summed E-state index contributed by atoms with van der Waals surface area (Å²) in [5.74, 6) is -0.137. The maximum Gasteiger partial charge on any atom is 0.254 e. The molecule has 2 amide bonds. The van der Waals surface area contributed by atoms with Crippen LogP contribution in [0.3, 0.4) is 0 Å². The Kier molecular flexibility index (Phi) is 3.66. The highest BCUT2D eigenvalue weighted by Crippen LogP contribution is 2.39. The van der Waals surface area contributed by atoms with Gasteiger partial charge in [0.15, 0.2) is 0 Å². The second kappa shape index (κ2) is 5.66. The van der Waals surface area contributed by atoms with Crippen molar-refractivity contribution in [1.82, 2.24) is 5.32 Å². The summed E-state index contributed by atoms with van der Waals surface area (Å²) in [5.41, 5.74) is 1.85. The second-order valence-electron chi connectivity index (χ2n) is 6.30. The zero-order valence-electron chi connectivity index (χ0n) is 12.4. The number of amides is 2. The third-order valence-corrected chi connectivity index (χ3v) is 5.73. The zero-order chi connectivity index (χ0) is 15.1. The van der Waals surface area contributed by atoms with Gasteiger partial charge in [-0.15, -0.1) is 11.3 Å². The number of anilines is 1. The van der Waals surface area contributed by atoms with Gasteiger partial charge in [-0.2, -0.15) is 0 Å². The SMILES string of the molecule is O=C(NC1CC1)c1c(NC(=O)[C@@H]2CCCO2)sc2c1CCC2. The molecule has 2 fully saturated rings. The average molecular weight is 320 g/mol. The summed E-state index contributed by atoms with van der Waals surface area (Å²) in [6.07, 6.45) is 6.51. The molecule has 0 bridgehead atoms. The van der Waals surface area contributed by atoms with Gasteiger partial charge < -0.3 is 15.4 Å². The third-order valence-electron chi connectivity index (χ3n) is 4.52. The molecule has 1 aromatic rings. The van der Waals surface area contributed by atoms with Crippen LogP contribution in [-0.4, -0.2) is 30.6 Å². The van der Waals surface area contributed by atoms with Gasteiger partial charge in [-0.1, -0.05) is 0 Å². The standard InChI is InChI=1S/C16H20N2O3S/c19-14(11-4-2-8-21-11)18-16-13(15(20)17-9-6-7-9)10-3-1-5-12(10)22-16/h9,11H,1-8H2,(H,17,20)(H,18,19)/t11-/m0/s1. The van der Waals surface area contributed by atoms with Crippen molar-refractivity contribution in [3.8, 4) is 0 Å². The Balaban J connectivity index is 1.57. The number of carbonyl (C=O) groups is 2. The maximum atomic E-state index is 12.6. The molecule has 1 atom stereocenters. The van der Waals surface area contributed by atoms with Gasteiger partial charge in [0.1, 0.15) is 11.1 Å². The van der Waals surface area contributed by atoms with Crippen LogP contribution in [-0.2, 0) is 22.4 Å². The molecule has 0 aromatic carbocycles. The average Bonchev–Trinajstić information content (AvgIpc) is 2.94. The lowest BCUT2D eigenvalue weighted by Gasteiger charge is -2.12. The van der Waals surface area contributed by atoms with E-state index in [-0.39, 0.29) is 17.9 Å². The van der Waals surface area contributed by atoms with E-state index in [1.807, 2.05) is 0 Å². The number of hydrogen-bond donors (Lipinski definition) is 2. The predicted molar refractivity (Wildman–Crippen MR) is 84.4 cm³/mol. The number of aryl methyl sites for hydroxylation is 1. The summed E-state index contributed by atoms with van der Waals surface area (Å²) >= 11 is 1.56. The highest BCUT2D eigenvalue weighted by atomic mass is 32.1. The summed E-state index contributed by atoms with van der Waals surface area (Å²) < 4.78 is 5.43. The van der Waals surface area contributed by atoms with Crippen LogP contribution in [0.25, 0.3) is 0 Å². The summed E-state index contributed by atoms with van der Waals surface area (Å²) in [5, 5.41) is 6.72. The van der Waals surface area contributed by atoms with Crippen molar-refractivity contribution in [3.05, 3.63) is 16.0 Å². The van der Waals surface area contributed by atoms with E-state index < -0.39 is 0 Å². The topological polar surface area (TPSA) is 67.4 Å². The van der Waals surface area contributed by atoms with Crippen LogP contribution in [0.2, 0.25) is 0 Å². The highest BCUT2D eigenvalue weighted by Gasteiger charge is 2.32. The molecule has 4 rings (SSSR count). The summed E-state index contributed by atoms with van der Waals surface area (Å²) in [6.45, 7) is 0.647. The predicted octanol–water partition coefficient (Wildman–Crippen LogP) is 2.25. The van der Waals surface area contributed by atoms with Crippen LogP contribution in [0.5, 0.6) is 0 Å². The van der Waals surface area contributed by atoms with Crippen LogP contribution in [0.15, 0.2) is 0 Å². The number of nitrogens with one attached hydrogen (secondary N) is 2. The van der Waals surface area contributed by atoms with E-state index in [1.54, 1.807) is 11.3 Å². The van der Waals surface area contributed by atoms with Crippen molar-refractivity contribution in [2.75, 3.05) is 11.9 Å². The molecule has 6 heteroatoms. The Morgan fingerprint density at radius 3 is 2.73 bits per heavy atom. The smallest absolute Gasteiger partial charge is 0.254 e. The minimum atomic E-state index is -0.365. The highest BCUT2D eigenvalue weighted by molar-refractivity contribution is 7.17. The fraction of sp³-hybridized carbons (Fsp3) is 0.625. The van der Waals surface area contributed by atoms with Gasteiger partial charge in [0, 0.05) is 17.5 Å². The van der Waals surface area contributed by atoms with E-state index in [2.05, 4.69) is 10.6 Å². The summed E-state index contributed by atoms with van der Waals surface area (Å²) in [6, 6.07) is 0.325. The van der Waals surface area contributed by atoms with Crippen LogP contribution < -0.4 is 10.6 Å². The van der Waals surface area contributed by atoms with Gasteiger partial charge in [-0.25, -0.2) is 0 Å². The van der Waals surface area contributed by atoms with Crippen molar-refractivity contribution >= 4 is 28.2 Å². The third kappa shape index (κ3) is 2.65. The molecule has 1 aliphatic heterocycles. The minimum absolute atomic E-state index is 0.0236. The maximum absolute atomic E-state index is 12.6. The first-order valence-corrected chi connectivity index (χ1v) is 8.92. The van der Waals surface area contributed by atoms with Crippen LogP contribution in [0.4, 0.5) is 5.00 Å². The first-order chi connectivity index (χ1) is 10.7. The molecular formula is C16H20N2O3S. The van der Waals surface area contributed by atoms with Gasteiger partial charge in [0.2, 0.25) is 0 Å². The van der Waals surface area contributed by atoms with Gasteiger partial charge in [-0.3, -0.25) is 9.59 Å². The lowest BCUT2D eigenvalue weighted by Crippen LogP contribution is -2.30. The lowest BCUT2D eigenvalue weighted by atomic mass is 10.1. The molecule has 0 unspecified atom stereocenters. The molecule has 0 radical (unpaired) electrons. The molecular weight excluding hydrogens is 300 g/mol. The Hall–Kier alpha value is -1.40. The van der Waals surface area contributed by atoms with E-state index in [9.17, 15) is 9.59 Å². The Morgan fingerprint density at radius 1 is 1.14 bits per heavy atom. The van der Waals surface area contributed by atoms with Crippen LogP contribution >= 0.6 is 11.3 Å². The van der Waals surface area contributed by atoms with Crippen molar-refractivity contribution < 1.29 is 14.3 Å². The first-order valence-electron chi connectivity index (χ1n) is 8.10. The minimum Gasteiger partial charge on any atom is -0.368 e. The molecule has 0 spiro atoms.